The standard InChI is InChI=1S/C19H22N6O.ClH/c1-19(2,3)23-18(26)16-9-17(15-7-6-13(10-20)11-22-15)25(24-16)14-5-4-8-21-12-14;/h4-9,11-12H,10,20H2,1-3H3,(H,23,26);1H. The maximum absolute atomic E-state index is 12.5. The molecule has 0 fully saturated rings. The zero-order valence-electron chi connectivity index (χ0n) is 15.5. The largest absolute Gasteiger partial charge is 0.346 e. The summed E-state index contributed by atoms with van der Waals surface area (Å²) in [5, 5.41) is 7.41. The van der Waals surface area contributed by atoms with Crippen LogP contribution in [0.25, 0.3) is 17.1 Å². The van der Waals surface area contributed by atoms with Crippen molar-refractivity contribution >= 4 is 18.3 Å². The molecule has 0 bridgehead atoms. The molecule has 0 aliphatic rings. The number of aromatic nitrogens is 4. The summed E-state index contributed by atoms with van der Waals surface area (Å²) in [6.45, 7) is 6.21. The van der Waals surface area contributed by atoms with Gasteiger partial charge in [0.25, 0.3) is 5.91 Å². The lowest BCUT2D eigenvalue weighted by atomic mass is 10.1. The average molecular weight is 387 g/mol. The molecule has 0 unspecified atom stereocenters. The van der Waals surface area contributed by atoms with Crippen LogP contribution in [0.5, 0.6) is 0 Å². The Labute approximate surface area is 164 Å². The van der Waals surface area contributed by atoms with Gasteiger partial charge in [0.05, 0.1) is 23.3 Å². The van der Waals surface area contributed by atoms with Gasteiger partial charge in [0.1, 0.15) is 0 Å². The number of nitrogens with two attached hydrogens (primary N) is 1. The van der Waals surface area contributed by atoms with Crippen molar-refractivity contribution in [2.75, 3.05) is 0 Å². The van der Waals surface area contributed by atoms with Crippen molar-refractivity contribution in [2.24, 2.45) is 5.73 Å². The van der Waals surface area contributed by atoms with Crippen LogP contribution in [0, 0.1) is 0 Å². The third-order valence-corrected chi connectivity index (χ3v) is 3.64. The SMILES string of the molecule is CC(C)(C)NC(=O)c1cc(-c2ccc(CN)cn2)n(-c2cccnc2)n1.Cl. The van der Waals surface area contributed by atoms with Gasteiger partial charge >= 0.3 is 0 Å². The van der Waals surface area contributed by atoms with Crippen LogP contribution >= 0.6 is 12.4 Å². The minimum Gasteiger partial charge on any atom is -0.346 e. The van der Waals surface area contributed by atoms with Gasteiger partial charge in [0.2, 0.25) is 0 Å². The predicted octanol–water partition coefficient (Wildman–Crippen LogP) is 2.74. The van der Waals surface area contributed by atoms with Gasteiger partial charge < -0.3 is 11.1 Å². The van der Waals surface area contributed by atoms with E-state index in [2.05, 4.69) is 20.4 Å². The predicted molar refractivity (Wildman–Crippen MR) is 107 cm³/mol. The number of nitrogens with zero attached hydrogens (tertiary/aromatic N) is 4. The fourth-order valence-electron chi connectivity index (χ4n) is 2.45. The normalized spacial score (nSPS) is 11.0. The van der Waals surface area contributed by atoms with E-state index in [1.54, 1.807) is 29.3 Å². The van der Waals surface area contributed by atoms with Crippen LogP contribution in [0.15, 0.2) is 48.9 Å². The molecule has 0 aromatic carbocycles. The minimum absolute atomic E-state index is 0. The lowest BCUT2D eigenvalue weighted by Gasteiger charge is -2.19. The molecule has 8 heteroatoms. The molecular formula is C19H23ClN6O. The molecular weight excluding hydrogens is 364 g/mol. The number of pyridine rings is 2. The zero-order valence-corrected chi connectivity index (χ0v) is 16.3. The Morgan fingerprint density at radius 3 is 2.56 bits per heavy atom. The van der Waals surface area contributed by atoms with Gasteiger partial charge in [0, 0.05) is 24.5 Å². The van der Waals surface area contributed by atoms with E-state index in [4.69, 9.17) is 5.73 Å². The number of hydrogen-bond donors (Lipinski definition) is 2. The van der Waals surface area contributed by atoms with Gasteiger partial charge in [-0.05, 0) is 50.6 Å². The number of hydrogen-bond acceptors (Lipinski definition) is 5. The molecule has 3 heterocycles. The molecule has 0 aliphatic heterocycles. The monoisotopic (exact) mass is 386 g/mol. The highest BCUT2D eigenvalue weighted by molar-refractivity contribution is 5.94. The van der Waals surface area contributed by atoms with Crippen LogP contribution in [0.2, 0.25) is 0 Å². The van der Waals surface area contributed by atoms with Crippen molar-refractivity contribution in [3.8, 4) is 17.1 Å². The molecule has 0 radical (unpaired) electrons. The van der Waals surface area contributed by atoms with Crippen molar-refractivity contribution in [3.05, 3.63) is 60.2 Å². The molecule has 0 saturated heterocycles. The van der Waals surface area contributed by atoms with Gasteiger partial charge in [-0.25, -0.2) is 4.68 Å². The number of rotatable bonds is 4. The maximum Gasteiger partial charge on any atom is 0.272 e. The first-order chi connectivity index (χ1) is 12.4. The first-order valence-electron chi connectivity index (χ1n) is 8.36. The van der Waals surface area contributed by atoms with Gasteiger partial charge in [0.15, 0.2) is 5.69 Å². The Hall–Kier alpha value is -2.77. The van der Waals surface area contributed by atoms with Gasteiger partial charge in [-0.2, -0.15) is 5.10 Å². The molecule has 0 saturated carbocycles. The van der Waals surface area contributed by atoms with Crippen LogP contribution in [-0.2, 0) is 6.54 Å². The lowest BCUT2D eigenvalue weighted by molar-refractivity contribution is 0.0914. The fourth-order valence-corrected chi connectivity index (χ4v) is 2.45. The molecule has 142 valence electrons. The van der Waals surface area contributed by atoms with Crippen molar-refractivity contribution in [1.29, 1.82) is 0 Å². The summed E-state index contributed by atoms with van der Waals surface area (Å²) in [6.07, 6.45) is 5.11. The van der Waals surface area contributed by atoms with Crippen molar-refractivity contribution in [3.63, 3.8) is 0 Å². The molecule has 3 N–H and O–H groups in total. The highest BCUT2D eigenvalue weighted by atomic mass is 35.5. The molecule has 0 atom stereocenters. The topological polar surface area (TPSA) is 98.7 Å². The summed E-state index contributed by atoms with van der Waals surface area (Å²) in [5.41, 5.74) is 8.72. The van der Waals surface area contributed by atoms with Crippen molar-refractivity contribution in [1.82, 2.24) is 25.1 Å². The number of carbonyl (C=O) groups excluding carboxylic acids is 1. The average Bonchev–Trinajstić information content (AvgIpc) is 3.07. The molecule has 7 nitrogen and oxygen atoms in total. The van der Waals surface area contributed by atoms with Gasteiger partial charge in [-0.3, -0.25) is 14.8 Å². The van der Waals surface area contributed by atoms with E-state index in [1.165, 1.54) is 0 Å². The summed E-state index contributed by atoms with van der Waals surface area (Å²) in [4.78, 5) is 21.1. The minimum atomic E-state index is -0.351. The van der Waals surface area contributed by atoms with Crippen molar-refractivity contribution < 1.29 is 4.79 Å². The summed E-state index contributed by atoms with van der Waals surface area (Å²) < 4.78 is 1.68. The summed E-state index contributed by atoms with van der Waals surface area (Å²) in [7, 11) is 0. The number of amides is 1. The lowest BCUT2D eigenvalue weighted by Crippen LogP contribution is -2.40. The number of nitrogens with one attached hydrogen (secondary N) is 1. The maximum atomic E-state index is 12.5. The fraction of sp³-hybridized carbons (Fsp3) is 0.263. The van der Waals surface area contributed by atoms with Gasteiger partial charge in [-0.1, -0.05) is 6.07 Å². The van der Waals surface area contributed by atoms with E-state index < -0.39 is 0 Å². The highest BCUT2D eigenvalue weighted by Gasteiger charge is 2.21. The van der Waals surface area contributed by atoms with Crippen molar-refractivity contribution in [2.45, 2.75) is 32.9 Å². The first kappa shape index (κ1) is 20.5. The molecule has 1 amide bonds. The first-order valence-corrected chi connectivity index (χ1v) is 8.36. The Kier molecular flexibility index (Phi) is 6.30. The molecule has 0 spiro atoms. The molecule has 3 aromatic rings. The second-order valence-corrected chi connectivity index (χ2v) is 7.00. The summed E-state index contributed by atoms with van der Waals surface area (Å²) >= 11 is 0. The summed E-state index contributed by atoms with van der Waals surface area (Å²) in [5.74, 6) is -0.236. The molecule has 27 heavy (non-hydrogen) atoms. The molecule has 0 aliphatic carbocycles. The van der Waals surface area contributed by atoms with Crippen LogP contribution in [0.3, 0.4) is 0 Å². The third-order valence-electron chi connectivity index (χ3n) is 3.64. The van der Waals surface area contributed by atoms with Crippen LogP contribution in [0.4, 0.5) is 0 Å². The number of carbonyl (C=O) groups is 1. The van der Waals surface area contributed by atoms with E-state index >= 15 is 0 Å². The molecule has 3 rings (SSSR count). The second-order valence-electron chi connectivity index (χ2n) is 7.00. The Balaban J connectivity index is 0.00000261. The third kappa shape index (κ3) is 4.90. The number of halogens is 1. The van der Waals surface area contributed by atoms with E-state index in [0.717, 1.165) is 11.3 Å². The van der Waals surface area contributed by atoms with E-state index in [1.807, 2.05) is 45.0 Å². The van der Waals surface area contributed by atoms with Crippen LogP contribution in [0.1, 0.15) is 36.8 Å². The van der Waals surface area contributed by atoms with E-state index in [-0.39, 0.29) is 23.9 Å². The van der Waals surface area contributed by atoms with Gasteiger partial charge in [-0.15, -0.1) is 12.4 Å². The second kappa shape index (κ2) is 8.28. The zero-order chi connectivity index (χ0) is 18.7. The smallest absolute Gasteiger partial charge is 0.272 e. The van der Waals surface area contributed by atoms with Crippen LogP contribution < -0.4 is 11.1 Å². The van der Waals surface area contributed by atoms with Crippen LogP contribution in [-0.4, -0.2) is 31.2 Å². The Bertz CT molecular complexity index is 900. The highest BCUT2D eigenvalue weighted by Crippen LogP contribution is 2.22. The van der Waals surface area contributed by atoms with E-state index in [9.17, 15) is 4.79 Å². The summed E-state index contributed by atoms with van der Waals surface area (Å²) in [6, 6.07) is 9.22. The van der Waals surface area contributed by atoms with E-state index in [0.29, 0.717) is 23.6 Å². The Morgan fingerprint density at radius 1 is 1.22 bits per heavy atom. The quantitative estimate of drug-likeness (QED) is 0.718. The molecule has 3 aromatic heterocycles. The Morgan fingerprint density at radius 2 is 2.00 bits per heavy atom.